The maximum absolute atomic E-state index is 5.05. The van der Waals surface area contributed by atoms with Gasteiger partial charge in [0, 0.05) is 12.1 Å². The van der Waals surface area contributed by atoms with Crippen molar-refractivity contribution >= 4 is 5.82 Å². The molecule has 1 atom stereocenters. The predicted molar refractivity (Wildman–Crippen MR) is 58.7 cm³/mol. The summed E-state index contributed by atoms with van der Waals surface area (Å²) < 4.78 is 5.05. The fourth-order valence-electron chi connectivity index (χ4n) is 1.01. The third-order valence-corrected chi connectivity index (χ3v) is 2.31. The van der Waals surface area contributed by atoms with Crippen LogP contribution in [0.4, 0.5) is 5.82 Å². The van der Waals surface area contributed by atoms with Crippen LogP contribution in [0.1, 0.15) is 20.8 Å². The van der Waals surface area contributed by atoms with Crippen molar-refractivity contribution in [2.75, 3.05) is 12.4 Å². The van der Waals surface area contributed by atoms with Gasteiger partial charge in [-0.2, -0.15) is 4.98 Å². The molecule has 0 saturated carbocycles. The first kappa shape index (κ1) is 10.8. The molecule has 0 aromatic carbocycles. The highest BCUT2D eigenvalue weighted by molar-refractivity contribution is 5.37. The first-order chi connectivity index (χ1) is 6.63. The van der Waals surface area contributed by atoms with Gasteiger partial charge in [-0.25, -0.2) is 0 Å². The van der Waals surface area contributed by atoms with Crippen molar-refractivity contribution in [1.82, 2.24) is 4.98 Å². The number of anilines is 1. The second-order valence-corrected chi connectivity index (χ2v) is 3.74. The molecule has 1 rings (SSSR count). The summed E-state index contributed by atoms with van der Waals surface area (Å²) >= 11 is 0. The van der Waals surface area contributed by atoms with Crippen molar-refractivity contribution < 1.29 is 4.74 Å². The lowest BCUT2D eigenvalue weighted by Crippen LogP contribution is -2.22. The van der Waals surface area contributed by atoms with Gasteiger partial charge in [0.25, 0.3) is 0 Å². The van der Waals surface area contributed by atoms with E-state index >= 15 is 0 Å². The number of methoxy groups -OCH3 is 1. The van der Waals surface area contributed by atoms with Crippen LogP contribution in [0.2, 0.25) is 0 Å². The molecule has 0 spiro atoms. The van der Waals surface area contributed by atoms with Crippen LogP contribution in [0.3, 0.4) is 0 Å². The summed E-state index contributed by atoms with van der Waals surface area (Å²) in [5, 5.41) is 3.32. The number of aromatic nitrogens is 1. The van der Waals surface area contributed by atoms with E-state index in [9.17, 15) is 0 Å². The van der Waals surface area contributed by atoms with Gasteiger partial charge in [-0.05, 0) is 18.9 Å². The molecule has 0 radical (unpaired) electrons. The highest BCUT2D eigenvalue weighted by Gasteiger charge is 2.07. The van der Waals surface area contributed by atoms with Gasteiger partial charge in [0.05, 0.1) is 7.11 Å². The zero-order valence-corrected chi connectivity index (χ0v) is 9.24. The van der Waals surface area contributed by atoms with Crippen molar-refractivity contribution in [3.63, 3.8) is 0 Å². The van der Waals surface area contributed by atoms with Crippen molar-refractivity contribution in [2.24, 2.45) is 5.92 Å². The fraction of sp³-hybridized carbons (Fsp3) is 0.545. The summed E-state index contributed by atoms with van der Waals surface area (Å²) in [6.45, 7) is 6.50. The molecule has 0 fully saturated rings. The first-order valence-corrected chi connectivity index (χ1v) is 4.91. The van der Waals surface area contributed by atoms with Crippen LogP contribution in [0.5, 0.6) is 5.88 Å². The van der Waals surface area contributed by atoms with Crippen LogP contribution in [0.25, 0.3) is 0 Å². The molecule has 3 heteroatoms. The lowest BCUT2D eigenvalue weighted by atomic mass is 10.1. The van der Waals surface area contributed by atoms with Crippen molar-refractivity contribution in [1.29, 1.82) is 0 Å². The average molecular weight is 194 g/mol. The Bertz CT molecular complexity index is 286. The quantitative estimate of drug-likeness (QED) is 0.799. The van der Waals surface area contributed by atoms with E-state index in [-0.39, 0.29) is 0 Å². The van der Waals surface area contributed by atoms with E-state index in [0.29, 0.717) is 17.8 Å². The number of pyridine rings is 1. The summed E-state index contributed by atoms with van der Waals surface area (Å²) in [6.07, 6.45) is 0. The maximum Gasteiger partial charge on any atom is 0.214 e. The Morgan fingerprint density at radius 1 is 1.29 bits per heavy atom. The molecule has 0 aliphatic heterocycles. The third kappa shape index (κ3) is 2.91. The largest absolute Gasteiger partial charge is 0.481 e. The summed E-state index contributed by atoms with van der Waals surface area (Å²) in [5.74, 6) is 2.10. The van der Waals surface area contributed by atoms with Gasteiger partial charge < -0.3 is 10.1 Å². The Labute approximate surface area is 85.5 Å². The molecule has 78 valence electrons. The average Bonchev–Trinajstić information content (AvgIpc) is 2.18. The van der Waals surface area contributed by atoms with Gasteiger partial charge in [0.1, 0.15) is 5.82 Å². The van der Waals surface area contributed by atoms with E-state index in [0.717, 1.165) is 5.82 Å². The van der Waals surface area contributed by atoms with E-state index in [1.807, 2.05) is 18.2 Å². The molecular weight excluding hydrogens is 176 g/mol. The number of hydrogen-bond acceptors (Lipinski definition) is 3. The Morgan fingerprint density at radius 2 is 2.00 bits per heavy atom. The molecule has 0 amide bonds. The molecule has 3 nitrogen and oxygen atoms in total. The Hall–Kier alpha value is -1.25. The highest BCUT2D eigenvalue weighted by atomic mass is 16.5. The summed E-state index contributed by atoms with van der Waals surface area (Å²) in [7, 11) is 1.62. The summed E-state index contributed by atoms with van der Waals surface area (Å²) in [5.41, 5.74) is 0. The molecule has 1 aromatic heterocycles. The van der Waals surface area contributed by atoms with Crippen LogP contribution in [-0.2, 0) is 0 Å². The van der Waals surface area contributed by atoms with E-state index in [1.54, 1.807) is 7.11 Å². The summed E-state index contributed by atoms with van der Waals surface area (Å²) in [4.78, 5) is 4.28. The Morgan fingerprint density at radius 3 is 2.57 bits per heavy atom. The molecule has 0 bridgehead atoms. The predicted octanol–water partition coefficient (Wildman–Crippen LogP) is 2.55. The zero-order valence-electron chi connectivity index (χ0n) is 9.24. The van der Waals surface area contributed by atoms with E-state index in [2.05, 4.69) is 31.1 Å². The maximum atomic E-state index is 5.05. The Kier molecular flexibility index (Phi) is 3.74. The molecule has 1 N–H and O–H groups in total. The molecule has 0 aliphatic carbocycles. The number of ether oxygens (including phenoxy) is 1. The van der Waals surface area contributed by atoms with Crippen LogP contribution in [0, 0.1) is 5.92 Å². The second-order valence-electron chi connectivity index (χ2n) is 3.74. The van der Waals surface area contributed by atoms with Gasteiger partial charge in [-0.3, -0.25) is 0 Å². The molecule has 0 aliphatic rings. The normalized spacial score (nSPS) is 12.6. The first-order valence-electron chi connectivity index (χ1n) is 4.91. The van der Waals surface area contributed by atoms with Gasteiger partial charge in [-0.15, -0.1) is 0 Å². The lowest BCUT2D eigenvalue weighted by Gasteiger charge is -2.18. The van der Waals surface area contributed by atoms with Crippen molar-refractivity contribution in [3.8, 4) is 5.88 Å². The van der Waals surface area contributed by atoms with E-state index in [1.165, 1.54) is 0 Å². The molecule has 1 heterocycles. The Balaban J connectivity index is 2.66. The van der Waals surface area contributed by atoms with Gasteiger partial charge >= 0.3 is 0 Å². The van der Waals surface area contributed by atoms with Gasteiger partial charge in [0.15, 0.2) is 0 Å². The lowest BCUT2D eigenvalue weighted by molar-refractivity contribution is 0.398. The molecule has 1 aromatic rings. The second kappa shape index (κ2) is 4.84. The molecule has 14 heavy (non-hydrogen) atoms. The van der Waals surface area contributed by atoms with Gasteiger partial charge in [-0.1, -0.05) is 19.9 Å². The van der Waals surface area contributed by atoms with Crippen molar-refractivity contribution in [2.45, 2.75) is 26.8 Å². The SMILES string of the molecule is COc1cccc(NC(C)C(C)C)n1. The number of nitrogens with one attached hydrogen (secondary N) is 1. The van der Waals surface area contributed by atoms with Crippen molar-refractivity contribution in [3.05, 3.63) is 18.2 Å². The number of rotatable bonds is 4. The smallest absolute Gasteiger partial charge is 0.214 e. The molecule has 0 saturated heterocycles. The zero-order chi connectivity index (χ0) is 10.6. The third-order valence-electron chi connectivity index (χ3n) is 2.31. The number of hydrogen-bond donors (Lipinski definition) is 1. The minimum Gasteiger partial charge on any atom is -0.481 e. The van der Waals surface area contributed by atoms with Gasteiger partial charge in [0.2, 0.25) is 5.88 Å². The minimum absolute atomic E-state index is 0.412. The molecular formula is C11H18N2O. The van der Waals surface area contributed by atoms with Crippen LogP contribution in [0.15, 0.2) is 18.2 Å². The number of nitrogens with zero attached hydrogens (tertiary/aromatic N) is 1. The highest BCUT2D eigenvalue weighted by Crippen LogP contribution is 2.13. The standard InChI is InChI=1S/C11H18N2O/c1-8(2)9(3)12-10-6-5-7-11(13-10)14-4/h5-9H,1-4H3,(H,12,13). The van der Waals surface area contributed by atoms with E-state index < -0.39 is 0 Å². The van der Waals surface area contributed by atoms with Crippen LogP contribution >= 0.6 is 0 Å². The monoisotopic (exact) mass is 194 g/mol. The topological polar surface area (TPSA) is 34.1 Å². The fourth-order valence-corrected chi connectivity index (χ4v) is 1.01. The van der Waals surface area contributed by atoms with Crippen LogP contribution < -0.4 is 10.1 Å². The summed E-state index contributed by atoms with van der Waals surface area (Å²) in [6, 6.07) is 6.13. The van der Waals surface area contributed by atoms with Crippen LogP contribution in [-0.4, -0.2) is 18.1 Å². The minimum atomic E-state index is 0.412. The van der Waals surface area contributed by atoms with E-state index in [4.69, 9.17) is 4.74 Å². The molecule has 1 unspecified atom stereocenters.